The first kappa shape index (κ1) is 15.2. The van der Waals surface area contributed by atoms with Crippen molar-refractivity contribution >= 4 is 23.5 Å². The van der Waals surface area contributed by atoms with Crippen LogP contribution in [0.4, 0.5) is 0 Å². The van der Waals surface area contributed by atoms with Gasteiger partial charge in [-0.2, -0.15) is 0 Å². The van der Waals surface area contributed by atoms with Gasteiger partial charge in [0.15, 0.2) is 0 Å². The number of benzene rings is 1. The summed E-state index contributed by atoms with van der Waals surface area (Å²) in [5, 5.41) is 0.389. The Morgan fingerprint density at radius 2 is 2.11 bits per heavy atom. The molecule has 0 aliphatic rings. The summed E-state index contributed by atoms with van der Waals surface area (Å²) in [4.78, 5) is 24.9. The Bertz CT molecular complexity index is 474. The summed E-state index contributed by atoms with van der Waals surface area (Å²) in [5.74, 6) is -0.588. The van der Waals surface area contributed by atoms with E-state index < -0.39 is 0 Å². The van der Waals surface area contributed by atoms with Crippen molar-refractivity contribution in [2.75, 3.05) is 20.2 Å². The van der Waals surface area contributed by atoms with Gasteiger partial charge in [-0.15, -0.1) is 6.58 Å². The second-order valence-electron chi connectivity index (χ2n) is 3.85. The maximum absolute atomic E-state index is 12.3. The van der Waals surface area contributed by atoms with Gasteiger partial charge in [-0.3, -0.25) is 9.59 Å². The minimum atomic E-state index is -0.360. The molecule has 0 heterocycles. The topological polar surface area (TPSA) is 46.6 Å². The quantitative estimate of drug-likeness (QED) is 0.595. The van der Waals surface area contributed by atoms with Crippen LogP contribution in [0.1, 0.15) is 16.8 Å². The summed E-state index contributed by atoms with van der Waals surface area (Å²) >= 11 is 5.99. The predicted octanol–water partition coefficient (Wildman–Crippen LogP) is 2.53. The van der Waals surface area contributed by atoms with Crippen LogP contribution in [-0.4, -0.2) is 37.0 Å². The molecule has 0 saturated carbocycles. The van der Waals surface area contributed by atoms with Gasteiger partial charge in [-0.05, 0) is 12.1 Å². The molecule has 5 heteroatoms. The number of rotatable bonds is 6. The van der Waals surface area contributed by atoms with E-state index in [4.69, 9.17) is 11.6 Å². The van der Waals surface area contributed by atoms with Crippen LogP contribution in [0.3, 0.4) is 0 Å². The molecule has 4 nitrogen and oxygen atoms in total. The van der Waals surface area contributed by atoms with Crippen LogP contribution >= 0.6 is 11.6 Å². The van der Waals surface area contributed by atoms with Gasteiger partial charge < -0.3 is 9.64 Å². The van der Waals surface area contributed by atoms with E-state index in [2.05, 4.69) is 11.3 Å². The first-order valence-corrected chi connectivity index (χ1v) is 6.19. The largest absolute Gasteiger partial charge is 0.469 e. The predicted molar refractivity (Wildman–Crippen MR) is 74.2 cm³/mol. The molecule has 0 bridgehead atoms. The number of carbonyl (C=O) groups excluding carboxylic acids is 2. The zero-order valence-corrected chi connectivity index (χ0v) is 11.5. The molecule has 0 unspecified atom stereocenters. The van der Waals surface area contributed by atoms with Crippen LogP contribution in [0, 0.1) is 0 Å². The normalized spacial score (nSPS) is 9.79. The monoisotopic (exact) mass is 281 g/mol. The number of methoxy groups -OCH3 is 1. The molecule has 1 aromatic carbocycles. The molecule has 0 spiro atoms. The van der Waals surface area contributed by atoms with Crippen LogP contribution in [0.15, 0.2) is 36.9 Å². The maximum atomic E-state index is 12.3. The van der Waals surface area contributed by atoms with Crippen molar-refractivity contribution in [1.82, 2.24) is 4.90 Å². The van der Waals surface area contributed by atoms with Gasteiger partial charge in [0, 0.05) is 13.1 Å². The van der Waals surface area contributed by atoms with Crippen LogP contribution in [0.25, 0.3) is 0 Å². The molecule has 1 aromatic rings. The van der Waals surface area contributed by atoms with Gasteiger partial charge in [0.2, 0.25) is 0 Å². The smallest absolute Gasteiger partial charge is 0.307 e. The van der Waals surface area contributed by atoms with Crippen molar-refractivity contribution in [2.45, 2.75) is 6.42 Å². The fraction of sp³-hybridized carbons (Fsp3) is 0.286. The lowest BCUT2D eigenvalue weighted by atomic mass is 10.2. The van der Waals surface area contributed by atoms with Crippen LogP contribution in [0.2, 0.25) is 5.02 Å². The molecule has 0 atom stereocenters. The molecular formula is C14H16ClNO3. The van der Waals surface area contributed by atoms with Crippen molar-refractivity contribution in [3.8, 4) is 0 Å². The van der Waals surface area contributed by atoms with E-state index in [9.17, 15) is 9.59 Å². The van der Waals surface area contributed by atoms with Crippen LogP contribution < -0.4 is 0 Å². The third-order valence-corrected chi connectivity index (χ3v) is 2.88. The molecule has 0 radical (unpaired) electrons. The number of carbonyl (C=O) groups is 2. The number of amides is 1. The van der Waals surface area contributed by atoms with Gasteiger partial charge in [0.25, 0.3) is 5.91 Å². The number of hydrogen-bond acceptors (Lipinski definition) is 3. The summed E-state index contributed by atoms with van der Waals surface area (Å²) in [5.41, 5.74) is 0.413. The molecule has 0 fully saturated rings. The lowest BCUT2D eigenvalue weighted by Gasteiger charge is -2.21. The summed E-state index contributed by atoms with van der Waals surface area (Å²) in [7, 11) is 1.32. The molecule has 0 aliphatic carbocycles. The molecule has 19 heavy (non-hydrogen) atoms. The minimum Gasteiger partial charge on any atom is -0.469 e. The average molecular weight is 282 g/mol. The highest BCUT2D eigenvalue weighted by Crippen LogP contribution is 2.17. The summed E-state index contributed by atoms with van der Waals surface area (Å²) in [6.45, 7) is 4.22. The molecule has 1 rings (SSSR count). The molecule has 0 aliphatic heterocycles. The van der Waals surface area contributed by atoms with Crippen molar-refractivity contribution in [1.29, 1.82) is 0 Å². The summed E-state index contributed by atoms with van der Waals surface area (Å²) in [6, 6.07) is 6.80. The SMILES string of the molecule is C=CCN(CCC(=O)OC)C(=O)c1ccccc1Cl. The Morgan fingerprint density at radius 1 is 1.42 bits per heavy atom. The van der Waals surface area contributed by atoms with Crippen molar-refractivity contribution < 1.29 is 14.3 Å². The van der Waals surface area contributed by atoms with Crippen molar-refractivity contribution in [2.24, 2.45) is 0 Å². The summed E-state index contributed by atoms with van der Waals surface area (Å²) in [6.07, 6.45) is 1.74. The fourth-order valence-electron chi connectivity index (χ4n) is 1.56. The Morgan fingerprint density at radius 3 is 2.68 bits per heavy atom. The average Bonchev–Trinajstić information content (AvgIpc) is 2.42. The Hall–Kier alpha value is -1.81. The van der Waals surface area contributed by atoms with Gasteiger partial charge in [-0.1, -0.05) is 29.8 Å². The molecule has 0 saturated heterocycles. The van der Waals surface area contributed by atoms with E-state index in [-0.39, 0.29) is 24.8 Å². The molecule has 1 amide bonds. The zero-order chi connectivity index (χ0) is 14.3. The number of halogens is 1. The number of hydrogen-bond donors (Lipinski definition) is 0. The lowest BCUT2D eigenvalue weighted by Crippen LogP contribution is -2.33. The van der Waals surface area contributed by atoms with Gasteiger partial charge >= 0.3 is 5.97 Å². The second kappa shape index (κ2) is 7.59. The Balaban J connectivity index is 2.81. The van der Waals surface area contributed by atoms with E-state index in [0.29, 0.717) is 17.1 Å². The van der Waals surface area contributed by atoms with E-state index in [1.807, 2.05) is 0 Å². The lowest BCUT2D eigenvalue weighted by molar-refractivity contribution is -0.140. The second-order valence-corrected chi connectivity index (χ2v) is 4.25. The standard InChI is InChI=1S/C14H16ClNO3/c1-3-9-16(10-8-13(17)19-2)14(18)11-6-4-5-7-12(11)15/h3-7H,1,8-10H2,2H3. The highest BCUT2D eigenvalue weighted by atomic mass is 35.5. The van der Waals surface area contributed by atoms with Gasteiger partial charge in [-0.25, -0.2) is 0 Å². The fourth-order valence-corrected chi connectivity index (χ4v) is 1.78. The molecular weight excluding hydrogens is 266 g/mol. The van der Waals surface area contributed by atoms with Gasteiger partial charge in [0.1, 0.15) is 0 Å². The molecule has 0 aromatic heterocycles. The Kier molecular flexibility index (Phi) is 6.09. The highest BCUT2D eigenvalue weighted by molar-refractivity contribution is 6.33. The molecule has 102 valence electrons. The first-order valence-electron chi connectivity index (χ1n) is 5.81. The van der Waals surface area contributed by atoms with E-state index in [1.165, 1.54) is 12.0 Å². The third kappa shape index (κ3) is 4.41. The van der Waals surface area contributed by atoms with E-state index in [1.54, 1.807) is 30.3 Å². The number of esters is 1. The first-order chi connectivity index (χ1) is 9.10. The molecule has 0 N–H and O–H groups in total. The Labute approximate surface area is 117 Å². The zero-order valence-electron chi connectivity index (χ0n) is 10.8. The summed E-state index contributed by atoms with van der Waals surface area (Å²) < 4.78 is 4.56. The van der Waals surface area contributed by atoms with Crippen molar-refractivity contribution in [3.63, 3.8) is 0 Å². The third-order valence-electron chi connectivity index (χ3n) is 2.55. The van der Waals surface area contributed by atoms with E-state index >= 15 is 0 Å². The maximum Gasteiger partial charge on any atom is 0.307 e. The van der Waals surface area contributed by atoms with Crippen molar-refractivity contribution in [3.05, 3.63) is 47.5 Å². The number of ether oxygens (including phenoxy) is 1. The van der Waals surface area contributed by atoms with Gasteiger partial charge in [0.05, 0.1) is 24.1 Å². The van der Waals surface area contributed by atoms with Crippen LogP contribution in [-0.2, 0) is 9.53 Å². The minimum absolute atomic E-state index is 0.139. The number of nitrogens with zero attached hydrogens (tertiary/aromatic N) is 1. The van der Waals surface area contributed by atoms with Crippen LogP contribution in [0.5, 0.6) is 0 Å². The van der Waals surface area contributed by atoms with E-state index in [0.717, 1.165) is 0 Å². The highest BCUT2D eigenvalue weighted by Gasteiger charge is 2.18.